The molecule has 1 aliphatic heterocycles. The minimum absolute atomic E-state index is 0. The van der Waals surface area contributed by atoms with Crippen LogP contribution in [0.5, 0.6) is 0 Å². The summed E-state index contributed by atoms with van der Waals surface area (Å²) in [5, 5.41) is 5.43. The van der Waals surface area contributed by atoms with E-state index in [0.717, 1.165) is 62.2 Å². The topological polar surface area (TPSA) is 38.9 Å². The molecule has 8 rings (SSSR count). The van der Waals surface area contributed by atoms with Crippen molar-refractivity contribution in [2.75, 3.05) is 4.90 Å². The zero-order valence-electron chi connectivity index (χ0n) is 29.2. The van der Waals surface area contributed by atoms with Gasteiger partial charge in [0.2, 0.25) is 0 Å². The van der Waals surface area contributed by atoms with Crippen molar-refractivity contribution < 1.29 is 21.1 Å². The van der Waals surface area contributed by atoms with Crippen LogP contribution in [0.2, 0.25) is 0 Å². The maximum absolute atomic E-state index is 5.43. The van der Waals surface area contributed by atoms with Crippen LogP contribution in [0.3, 0.4) is 0 Å². The predicted molar refractivity (Wildman–Crippen MR) is 200 cm³/mol. The first-order valence-electron chi connectivity index (χ1n) is 16.8. The monoisotopic (exact) mass is 832 g/mol. The average molecular weight is 833 g/mol. The predicted octanol–water partition coefficient (Wildman–Crippen LogP) is 10.6. The molecule has 0 atom stereocenters. The van der Waals surface area contributed by atoms with Crippen LogP contribution in [0.4, 0.5) is 17.1 Å². The molecule has 0 unspecified atom stereocenters. The molecule has 0 saturated carbocycles. The van der Waals surface area contributed by atoms with Crippen LogP contribution < -0.4 is 4.90 Å². The standard InChI is InChI=1S/C44H39N5.Pt/c1-43(2,3)41-39(30-16-9-7-10-17-30)40(31-18-11-8-12-19-31)46-49(41)34-24-25-36-38(29-34)48(37-23-14-13-22-35(37)44(36,4)5)33-21-15-20-32(28-33)42-45-26-27-47(42)6;/h7-27H,1-6H3;/q-2;+2. The van der Waals surface area contributed by atoms with E-state index in [1.807, 2.05) is 24.0 Å². The van der Waals surface area contributed by atoms with Crippen molar-refractivity contribution in [1.29, 1.82) is 0 Å². The molecule has 0 saturated heterocycles. The van der Waals surface area contributed by atoms with Gasteiger partial charge in [0.15, 0.2) is 0 Å². The number of aromatic nitrogens is 4. The number of nitrogens with zero attached hydrogens (tertiary/aromatic N) is 5. The van der Waals surface area contributed by atoms with Crippen LogP contribution in [-0.4, -0.2) is 19.3 Å². The SMILES string of the molecule is Cn1ccnc1-c1[c-]c(N2c3[c-]c(-n4nc(-c5ccccc5)c(-c5ccccc5)c4C(C)(C)C)ccc3C(C)(C)c3ccccc32)ccc1.[Pt+2]. The van der Waals surface area contributed by atoms with Crippen molar-refractivity contribution >= 4 is 17.1 Å². The number of hydrogen-bond donors (Lipinski definition) is 0. The third-order valence-corrected chi connectivity index (χ3v) is 9.64. The van der Waals surface area contributed by atoms with Crippen molar-refractivity contribution in [3.63, 3.8) is 0 Å². The van der Waals surface area contributed by atoms with E-state index >= 15 is 0 Å². The molecule has 5 nitrogen and oxygen atoms in total. The quantitative estimate of drug-likeness (QED) is 0.162. The van der Waals surface area contributed by atoms with Crippen molar-refractivity contribution in [3.05, 3.63) is 157 Å². The summed E-state index contributed by atoms with van der Waals surface area (Å²) in [6.45, 7) is 11.4. The number of hydrogen-bond acceptors (Lipinski definition) is 3. The van der Waals surface area contributed by atoms with Crippen molar-refractivity contribution in [2.24, 2.45) is 7.05 Å². The van der Waals surface area contributed by atoms with E-state index in [-0.39, 0.29) is 31.9 Å². The van der Waals surface area contributed by atoms with Crippen LogP contribution in [0.1, 0.15) is 51.4 Å². The molecular weight excluding hydrogens is 794 g/mol. The number of rotatable bonds is 5. The second-order valence-corrected chi connectivity index (χ2v) is 14.4. The van der Waals surface area contributed by atoms with E-state index in [1.165, 1.54) is 11.1 Å². The number of imidazole rings is 1. The summed E-state index contributed by atoms with van der Waals surface area (Å²) in [5.41, 5.74) is 12.3. The molecule has 50 heavy (non-hydrogen) atoms. The molecule has 3 heterocycles. The molecule has 0 spiro atoms. The summed E-state index contributed by atoms with van der Waals surface area (Å²) in [4.78, 5) is 6.93. The van der Waals surface area contributed by atoms with Crippen LogP contribution in [0.15, 0.2) is 128 Å². The van der Waals surface area contributed by atoms with Crippen LogP contribution >= 0.6 is 0 Å². The molecule has 0 amide bonds. The molecule has 0 aliphatic carbocycles. The van der Waals surface area contributed by atoms with E-state index in [0.29, 0.717) is 0 Å². The maximum atomic E-state index is 5.43. The molecule has 250 valence electrons. The van der Waals surface area contributed by atoms with Crippen molar-refractivity contribution in [1.82, 2.24) is 19.3 Å². The zero-order valence-corrected chi connectivity index (χ0v) is 31.4. The molecule has 7 aromatic rings. The Bertz CT molecular complexity index is 2310. The molecule has 6 heteroatoms. The largest absolute Gasteiger partial charge is 2.00 e. The Morgan fingerprint density at radius 3 is 2.04 bits per heavy atom. The second kappa shape index (κ2) is 12.7. The summed E-state index contributed by atoms with van der Waals surface area (Å²) < 4.78 is 4.16. The second-order valence-electron chi connectivity index (χ2n) is 14.4. The molecule has 2 aromatic heterocycles. The van der Waals surface area contributed by atoms with Crippen molar-refractivity contribution in [3.8, 4) is 39.5 Å². The van der Waals surface area contributed by atoms with E-state index < -0.39 is 0 Å². The fraction of sp³-hybridized carbons (Fsp3) is 0.182. The first-order chi connectivity index (χ1) is 23.6. The number of benzene rings is 5. The summed E-state index contributed by atoms with van der Waals surface area (Å²) in [5.74, 6) is 0.874. The van der Waals surface area contributed by atoms with Crippen LogP contribution in [-0.2, 0) is 38.9 Å². The van der Waals surface area contributed by atoms with Gasteiger partial charge in [-0.05, 0) is 34.0 Å². The van der Waals surface area contributed by atoms with Gasteiger partial charge in [-0.15, -0.1) is 47.5 Å². The van der Waals surface area contributed by atoms with Gasteiger partial charge in [0.25, 0.3) is 0 Å². The summed E-state index contributed by atoms with van der Waals surface area (Å²) in [6.07, 6.45) is 3.79. The smallest absolute Gasteiger partial charge is 0.373 e. The van der Waals surface area contributed by atoms with Gasteiger partial charge in [0.1, 0.15) is 5.69 Å². The minimum Gasteiger partial charge on any atom is -0.373 e. The third kappa shape index (κ3) is 5.54. The number of para-hydroxylation sites is 1. The van der Waals surface area contributed by atoms with Gasteiger partial charge in [-0.3, -0.25) is 9.67 Å². The Kier molecular flexibility index (Phi) is 8.52. The fourth-order valence-electron chi connectivity index (χ4n) is 7.29. The summed E-state index contributed by atoms with van der Waals surface area (Å²) in [7, 11) is 2.02. The van der Waals surface area contributed by atoms with E-state index in [4.69, 9.17) is 5.10 Å². The van der Waals surface area contributed by atoms with Crippen LogP contribution in [0, 0.1) is 12.1 Å². The first kappa shape index (κ1) is 33.5. The minimum atomic E-state index is -0.254. The van der Waals surface area contributed by atoms with Crippen LogP contribution in [0.25, 0.3) is 39.5 Å². The molecule has 0 fully saturated rings. The number of anilines is 3. The molecule has 0 bridgehead atoms. The van der Waals surface area contributed by atoms with Gasteiger partial charge in [-0.25, -0.2) is 0 Å². The first-order valence-corrected chi connectivity index (χ1v) is 16.8. The molecule has 0 N–H and O–H groups in total. The molecular formula is C44H39N5Pt. The van der Waals surface area contributed by atoms with E-state index in [2.05, 4.69) is 177 Å². The Hall–Kier alpha value is -4.99. The summed E-state index contributed by atoms with van der Waals surface area (Å²) in [6, 6.07) is 48.2. The van der Waals surface area contributed by atoms with Gasteiger partial charge in [0, 0.05) is 41.7 Å². The summed E-state index contributed by atoms with van der Waals surface area (Å²) >= 11 is 0. The van der Waals surface area contributed by atoms with Gasteiger partial charge in [-0.2, -0.15) is 11.2 Å². The third-order valence-electron chi connectivity index (χ3n) is 9.64. The number of fused-ring (bicyclic) bond motifs is 2. The number of aryl methyl sites for hydroxylation is 1. The van der Waals surface area contributed by atoms with Crippen molar-refractivity contribution in [2.45, 2.75) is 45.4 Å². The maximum Gasteiger partial charge on any atom is 2.00 e. The Morgan fingerprint density at radius 2 is 1.36 bits per heavy atom. The normalized spacial score (nSPS) is 13.4. The van der Waals surface area contributed by atoms with Gasteiger partial charge in [0.05, 0.1) is 11.5 Å². The van der Waals surface area contributed by atoms with E-state index in [1.54, 1.807) is 0 Å². The Balaban J connectivity index is 0.00000392. The van der Waals surface area contributed by atoms with Gasteiger partial charge in [-0.1, -0.05) is 119 Å². The van der Waals surface area contributed by atoms with Gasteiger partial charge >= 0.3 is 21.1 Å². The average Bonchev–Trinajstić information content (AvgIpc) is 3.74. The van der Waals surface area contributed by atoms with E-state index in [9.17, 15) is 0 Å². The Morgan fingerprint density at radius 1 is 0.680 bits per heavy atom. The molecule has 0 radical (unpaired) electrons. The van der Waals surface area contributed by atoms with Gasteiger partial charge < -0.3 is 9.47 Å². The Labute approximate surface area is 309 Å². The molecule has 5 aromatic carbocycles. The molecule has 1 aliphatic rings. The fourth-order valence-corrected chi connectivity index (χ4v) is 7.29. The zero-order chi connectivity index (χ0) is 33.9.